The zero-order chi connectivity index (χ0) is 20.3. The van der Waals surface area contributed by atoms with Crippen LogP contribution in [0.15, 0.2) is 28.8 Å². The Morgan fingerprint density at radius 1 is 1.28 bits per heavy atom. The van der Waals surface area contributed by atoms with Crippen molar-refractivity contribution < 1.29 is 22.5 Å². The zero-order valence-electron chi connectivity index (χ0n) is 16.1. The van der Waals surface area contributed by atoms with Gasteiger partial charge in [-0.1, -0.05) is 17.3 Å². The number of hydrogen-bond donors (Lipinski definition) is 1. The Hall–Kier alpha value is -2.17. The van der Waals surface area contributed by atoms with Crippen molar-refractivity contribution in [3.8, 4) is 11.4 Å². The second kappa shape index (κ2) is 9.55. The molecule has 0 aliphatic carbocycles. The van der Waals surface area contributed by atoms with Crippen LogP contribution in [0.5, 0.6) is 0 Å². The number of nitrogens with zero attached hydrogens (tertiary/aromatic N) is 4. The van der Waals surface area contributed by atoms with Crippen molar-refractivity contribution in [3.05, 3.63) is 35.7 Å². The van der Waals surface area contributed by atoms with Gasteiger partial charge in [-0.15, -0.1) is 12.4 Å². The highest BCUT2D eigenvalue weighted by Crippen LogP contribution is 2.32. The van der Waals surface area contributed by atoms with E-state index < -0.39 is 11.7 Å². The van der Waals surface area contributed by atoms with Gasteiger partial charge in [0.1, 0.15) is 0 Å². The van der Waals surface area contributed by atoms with Crippen LogP contribution in [-0.2, 0) is 11.0 Å². The van der Waals surface area contributed by atoms with Crippen molar-refractivity contribution in [2.24, 2.45) is 0 Å². The molecule has 0 saturated carbocycles. The normalized spacial score (nSPS) is 16.4. The van der Waals surface area contributed by atoms with E-state index in [0.29, 0.717) is 38.6 Å². The molecule has 2 aromatic rings. The van der Waals surface area contributed by atoms with Gasteiger partial charge in [0.15, 0.2) is 0 Å². The molecule has 1 amide bonds. The third-order valence-corrected chi connectivity index (χ3v) is 4.79. The molecule has 1 fully saturated rings. The third kappa shape index (κ3) is 5.46. The molecule has 1 aromatic carbocycles. The monoisotopic (exact) mass is 433 g/mol. The van der Waals surface area contributed by atoms with Crippen molar-refractivity contribution in [2.75, 3.05) is 39.8 Å². The molecule has 0 radical (unpaired) electrons. The predicted octanol–water partition coefficient (Wildman–Crippen LogP) is 2.60. The molecular formula is C18H23ClF3N5O2. The molecule has 29 heavy (non-hydrogen) atoms. The van der Waals surface area contributed by atoms with Crippen molar-refractivity contribution >= 4 is 18.3 Å². The number of benzene rings is 1. The van der Waals surface area contributed by atoms with Crippen LogP contribution >= 0.6 is 12.4 Å². The molecule has 0 spiro atoms. The van der Waals surface area contributed by atoms with Gasteiger partial charge in [0, 0.05) is 31.7 Å². The average molecular weight is 434 g/mol. The molecule has 1 aliphatic rings. The number of carbonyl (C=O) groups excluding carboxylic acids is 1. The van der Waals surface area contributed by atoms with Crippen LogP contribution in [0.2, 0.25) is 0 Å². The Balaban J connectivity index is 0.00000300. The Bertz CT molecular complexity index is 822. The number of hydrogen-bond acceptors (Lipinski definition) is 6. The van der Waals surface area contributed by atoms with Crippen molar-refractivity contribution in [2.45, 2.75) is 19.1 Å². The summed E-state index contributed by atoms with van der Waals surface area (Å²) in [7, 11) is 1.73. The van der Waals surface area contributed by atoms with E-state index in [4.69, 9.17) is 4.52 Å². The number of halogens is 4. The molecule has 1 atom stereocenters. The lowest BCUT2D eigenvalue weighted by molar-refractivity contribution is -0.137. The zero-order valence-corrected chi connectivity index (χ0v) is 16.9. The van der Waals surface area contributed by atoms with Crippen LogP contribution < -0.4 is 5.32 Å². The van der Waals surface area contributed by atoms with Crippen molar-refractivity contribution in [1.29, 1.82) is 0 Å². The molecule has 1 unspecified atom stereocenters. The van der Waals surface area contributed by atoms with Crippen molar-refractivity contribution in [1.82, 2.24) is 25.3 Å². The van der Waals surface area contributed by atoms with E-state index in [1.165, 1.54) is 12.1 Å². The highest BCUT2D eigenvalue weighted by Gasteiger charge is 2.31. The number of rotatable bonds is 5. The average Bonchev–Trinajstić information content (AvgIpc) is 3.17. The molecule has 160 valence electrons. The number of likely N-dealkylation sites (N-methyl/N-ethyl adjacent to an activating group) is 1. The minimum Gasteiger partial charge on any atom is -0.339 e. The third-order valence-electron chi connectivity index (χ3n) is 4.79. The summed E-state index contributed by atoms with van der Waals surface area (Å²) in [5.74, 6) is 0.512. The van der Waals surface area contributed by atoms with Crippen LogP contribution in [0, 0.1) is 0 Å². The van der Waals surface area contributed by atoms with Gasteiger partial charge in [0.25, 0.3) is 0 Å². The number of carbonyl (C=O) groups is 1. The van der Waals surface area contributed by atoms with Crippen LogP contribution in [0.3, 0.4) is 0 Å². The Labute approximate surface area is 172 Å². The van der Waals surface area contributed by atoms with Gasteiger partial charge in [0.05, 0.1) is 18.2 Å². The summed E-state index contributed by atoms with van der Waals surface area (Å²) in [6.07, 6.45) is -4.43. The van der Waals surface area contributed by atoms with E-state index in [9.17, 15) is 18.0 Å². The summed E-state index contributed by atoms with van der Waals surface area (Å²) in [6.45, 7) is 4.70. The Morgan fingerprint density at radius 3 is 2.59 bits per heavy atom. The second-order valence-corrected chi connectivity index (χ2v) is 6.66. The lowest BCUT2D eigenvalue weighted by Crippen LogP contribution is -2.51. The lowest BCUT2D eigenvalue weighted by Gasteiger charge is -2.36. The summed E-state index contributed by atoms with van der Waals surface area (Å²) in [4.78, 5) is 20.1. The SMILES string of the molecule is CNCC(=O)N1CCN(C(C)c2nc(-c3cccc(C(F)(F)F)c3)no2)CC1.Cl. The van der Waals surface area contributed by atoms with E-state index in [0.717, 1.165) is 12.1 Å². The highest BCUT2D eigenvalue weighted by atomic mass is 35.5. The van der Waals surface area contributed by atoms with E-state index in [-0.39, 0.29) is 35.7 Å². The maximum absolute atomic E-state index is 12.9. The smallest absolute Gasteiger partial charge is 0.339 e. The lowest BCUT2D eigenvalue weighted by atomic mass is 10.1. The number of piperazine rings is 1. The van der Waals surface area contributed by atoms with Gasteiger partial charge in [-0.05, 0) is 26.1 Å². The van der Waals surface area contributed by atoms with Gasteiger partial charge in [-0.2, -0.15) is 18.2 Å². The highest BCUT2D eigenvalue weighted by molar-refractivity contribution is 5.85. The summed E-state index contributed by atoms with van der Waals surface area (Å²) in [5.41, 5.74) is -0.508. The predicted molar refractivity (Wildman–Crippen MR) is 102 cm³/mol. The first kappa shape index (κ1) is 23.1. The largest absolute Gasteiger partial charge is 0.416 e. The number of amides is 1. The first-order valence-electron chi connectivity index (χ1n) is 8.97. The quantitative estimate of drug-likeness (QED) is 0.781. The summed E-state index contributed by atoms with van der Waals surface area (Å²) >= 11 is 0. The molecule has 1 aliphatic heterocycles. The minimum absolute atomic E-state index is 0. The molecule has 0 bridgehead atoms. The van der Waals surface area contributed by atoms with Gasteiger partial charge in [0.2, 0.25) is 17.6 Å². The molecule has 11 heteroatoms. The Morgan fingerprint density at radius 2 is 1.97 bits per heavy atom. The fourth-order valence-corrected chi connectivity index (χ4v) is 3.13. The standard InChI is InChI=1S/C18H22F3N5O2.ClH/c1-12(25-6-8-26(9-7-25)15(27)11-22-2)17-23-16(24-28-17)13-4-3-5-14(10-13)18(19,20)21;/h3-5,10,12,22H,6-9,11H2,1-2H3;1H. The van der Waals surface area contributed by atoms with E-state index in [2.05, 4.69) is 20.4 Å². The number of alkyl halides is 3. The van der Waals surface area contributed by atoms with Crippen LogP contribution in [-0.4, -0.2) is 65.6 Å². The topological polar surface area (TPSA) is 74.5 Å². The molecule has 3 rings (SSSR count). The maximum Gasteiger partial charge on any atom is 0.416 e. The molecule has 2 heterocycles. The summed E-state index contributed by atoms with van der Waals surface area (Å²) < 4.78 is 44.0. The fourth-order valence-electron chi connectivity index (χ4n) is 3.13. The molecule has 1 saturated heterocycles. The second-order valence-electron chi connectivity index (χ2n) is 6.66. The van der Waals surface area contributed by atoms with Gasteiger partial charge in [-0.25, -0.2) is 0 Å². The first-order valence-corrected chi connectivity index (χ1v) is 8.97. The van der Waals surface area contributed by atoms with E-state index in [1.807, 2.05) is 6.92 Å². The Kier molecular flexibility index (Phi) is 7.61. The summed E-state index contributed by atoms with van der Waals surface area (Å²) in [5, 5.41) is 6.69. The van der Waals surface area contributed by atoms with Gasteiger partial charge in [-0.3, -0.25) is 9.69 Å². The van der Waals surface area contributed by atoms with E-state index >= 15 is 0 Å². The van der Waals surface area contributed by atoms with Gasteiger partial charge >= 0.3 is 6.18 Å². The maximum atomic E-state index is 12.9. The number of aromatic nitrogens is 2. The molecular weight excluding hydrogens is 411 g/mol. The number of nitrogens with one attached hydrogen (secondary N) is 1. The van der Waals surface area contributed by atoms with Gasteiger partial charge < -0.3 is 14.7 Å². The van der Waals surface area contributed by atoms with Crippen LogP contribution in [0.25, 0.3) is 11.4 Å². The van der Waals surface area contributed by atoms with E-state index in [1.54, 1.807) is 11.9 Å². The van der Waals surface area contributed by atoms with Crippen molar-refractivity contribution in [3.63, 3.8) is 0 Å². The molecule has 1 aromatic heterocycles. The molecule has 1 N–H and O–H groups in total. The fraction of sp³-hybridized carbons (Fsp3) is 0.500. The minimum atomic E-state index is -4.43. The summed E-state index contributed by atoms with van der Waals surface area (Å²) in [6, 6.07) is 4.64. The first-order chi connectivity index (χ1) is 13.3. The van der Waals surface area contributed by atoms with Crippen LogP contribution in [0.4, 0.5) is 13.2 Å². The van der Waals surface area contributed by atoms with Crippen LogP contribution in [0.1, 0.15) is 24.4 Å². The molecule has 7 nitrogen and oxygen atoms in total.